The summed E-state index contributed by atoms with van der Waals surface area (Å²) in [6.07, 6.45) is 3.06. The lowest BCUT2D eigenvalue weighted by Gasteiger charge is -2.23. The predicted octanol–water partition coefficient (Wildman–Crippen LogP) is 1.78. The summed E-state index contributed by atoms with van der Waals surface area (Å²) >= 11 is 0. The average Bonchev–Trinajstić information content (AvgIpc) is 3.11. The zero-order valence-corrected chi connectivity index (χ0v) is 13.1. The second-order valence-corrected chi connectivity index (χ2v) is 5.86. The molecule has 1 aliphatic carbocycles. The Balaban J connectivity index is 1.71. The molecule has 2 aromatic heterocycles. The highest BCUT2D eigenvalue weighted by Crippen LogP contribution is 2.27. The molecule has 0 spiro atoms. The van der Waals surface area contributed by atoms with E-state index in [-0.39, 0.29) is 17.9 Å². The van der Waals surface area contributed by atoms with Crippen molar-refractivity contribution in [1.29, 1.82) is 0 Å². The van der Waals surface area contributed by atoms with E-state index in [2.05, 4.69) is 25.9 Å². The normalized spacial score (nSPS) is 18.8. The van der Waals surface area contributed by atoms with Gasteiger partial charge in [0, 0.05) is 17.9 Å². The number of nitrogens with zero attached hydrogens (tertiary/aromatic N) is 3. The fourth-order valence-corrected chi connectivity index (χ4v) is 3.16. The molecule has 0 fully saturated rings. The highest BCUT2D eigenvalue weighted by molar-refractivity contribution is 5.79. The number of carbonyl (C=O) groups excluding carboxylic acids is 1. The van der Waals surface area contributed by atoms with Crippen LogP contribution in [0.5, 0.6) is 0 Å². The van der Waals surface area contributed by atoms with Crippen LogP contribution in [0.1, 0.15) is 54.2 Å². The van der Waals surface area contributed by atoms with Crippen LogP contribution in [0.25, 0.3) is 0 Å². The number of aromatic nitrogens is 4. The van der Waals surface area contributed by atoms with Crippen molar-refractivity contribution in [3.8, 4) is 0 Å². The molecular weight excluding hydrogens is 282 g/mol. The first-order valence-corrected chi connectivity index (χ1v) is 7.71. The van der Waals surface area contributed by atoms with E-state index < -0.39 is 0 Å². The fourth-order valence-electron chi connectivity index (χ4n) is 3.16. The van der Waals surface area contributed by atoms with E-state index in [1.165, 1.54) is 0 Å². The van der Waals surface area contributed by atoms with E-state index in [1.54, 1.807) is 0 Å². The van der Waals surface area contributed by atoms with Crippen LogP contribution in [0.3, 0.4) is 0 Å². The zero-order valence-electron chi connectivity index (χ0n) is 13.1. The summed E-state index contributed by atoms with van der Waals surface area (Å²) in [4.78, 5) is 12.6. The Morgan fingerprint density at radius 2 is 2.18 bits per heavy atom. The molecule has 2 aromatic rings. The second-order valence-electron chi connectivity index (χ2n) is 5.86. The van der Waals surface area contributed by atoms with Gasteiger partial charge < -0.3 is 9.84 Å². The number of rotatable bonds is 4. The van der Waals surface area contributed by atoms with Gasteiger partial charge in [-0.05, 0) is 33.1 Å². The number of fused-ring (bicyclic) bond motifs is 1. The minimum atomic E-state index is -0.0579. The van der Waals surface area contributed by atoms with Crippen molar-refractivity contribution in [3.05, 3.63) is 28.4 Å². The largest absolute Gasteiger partial charge is 0.361 e. The van der Waals surface area contributed by atoms with Crippen LogP contribution < -0.4 is 5.32 Å². The maximum atomic E-state index is 12.6. The van der Waals surface area contributed by atoms with Gasteiger partial charge in [-0.2, -0.15) is 15.4 Å². The third kappa shape index (κ3) is 2.63. The van der Waals surface area contributed by atoms with Gasteiger partial charge in [-0.1, -0.05) is 12.1 Å². The van der Waals surface area contributed by atoms with Crippen LogP contribution in [0, 0.1) is 19.8 Å². The van der Waals surface area contributed by atoms with Crippen LogP contribution >= 0.6 is 0 Å². The van der Waals surface area contributed by atoms with Gasteiger partial charge in [0.1, 0.15) is 5.76 Å². The molecule has 2 atom stereocenters. The standard InChI is InChI=1S/C15H21N5O2/c1-4-11(14-8(2)19-22-9(14)3)16-15(21)10-5-6-12-13(7-10)18-20-17-12/h10-11H,4-7H2,1-3H3,(H,16,21)(H,17,18,20). The molecule has 7 heteroatoms. The maximum absolute atomic E-state index is 12.6. The number of carbonyl (C=O) groups is 1. The zero-order chi connectivity index (χ0) is 15.7. The Labute approximate surface area is 128 Å². The predicted molar refractivity (Wildman–Crippen MR) is 79.0 cm³/mol. The minimum Gasteiger partial charge on any atom is -0.361 e. The Bertz CT molecular complexity index is 656. The highest BCUT2D eigenvalue weighted by atomic mass is 16.5. The van der Waals surface area contributed by atoms with Gasteiger partial charge in [-0.25, -0.2) is 0 Å². The van der Waals surface area contributed by atoms with Gasteiger partial charge in [0.25, 0.3) is 0 Å². The monoisotopic (exact) mass is 303 g/mol. The Morgan fingerprint density at radius 1 is 1.41 bits per heavy atom. The van der Waals surface area contributed by atoms with Gasteiger partial charge in [0.2, 0.25) is 5.91 Å². The molecule has 3 rings (SSSR count). The van der Waals surface area contributed by atoms with E-state index in [4.69, 9.17) is 4.52 Å². The molecule has 0 saturated carbocycles. The number of amides is 1. The minimum absolute atomic E-state index is 0.0490. The molecule has 2 unspecified atom stereocenters. The van der Waals surface area contributed by atoms with Crippen molar-refractivity contribution in [2.45, 2.75) is 52.5 Å². The molecule has 7 nitrogen and oxygen atoms in total. The van der Waals surface area contributed by atoms with Gasteiger partial charge >= 0.3 is 0 Å². The summed E-state index contributed by atoms with van der Waals surface area (Å²) in [6.45, 7) is 5.84. The van der Waals surface area contributed by atoms with Crippen molar-refractivity contribution in [3.63, 3.8) is 0 Å². The Hall–Kier alpha value is -2.18. The van der Waals surface area contributed by atoms with Crippen molar-refractivity contribution in [1.82, 2.24) is 25.9 Å². The summed E-state index contributed by atoms with van der Waals surface area (Å²) in [5.74, 6) is 0.791. The fraction of sp³-hybridized carbons (Fsp3) is 0.600. The average molecular weight is 303 g/mol. The molecule has 0 radical (unpaired) electrons. The van der Waals surface area contributed by atoms with Gasteiger partial charge in [-0.3, -0.25) is 4.79 Å². The third-order valence-corrected chi connectivity index (χ3v) is 4.40. The molecule has 118 valence electrons. The summed E-state index contributed by atoms with van der Waals surface area (Å²) in [6, 6.07) is -0.0579. The van der Waals surface area contributed by atoms with E-state index in [0.29, 0.717) is 6.42 Å². The molecule has 1 aliphatic rings. The van der Waals surface area contributed by atoms with Crippen LogP contribution in [-0.2, 0) is 17.6 Å². The number of nitrogens with one attached hydrogen (secondary N) is 2. The van der Waals surface area contributed by atoms with E-state index >= 15 is 0 Å². The van der Waals surface area contributed by atoms with Crippen molar-refractivity contribution < 1.29 is 9.32 Å². The topological polar surface area (TPSA) is 96.7 Å². The lowest BCUT2D eigenvalue weighted by Crippen LogP contribution is -2.36. The van der Waals surface area contributed by atoms with Gasteiger partial charge in [-0.15, -0.1) is 0 Å². The number of hydrogen-bond acceptors (Lipinski definition) is 5. The lowest BCUT2D eigenvalue weighted by molar-refractivity contribution is -0.126. The molecule has 0 bridgehead atoms. The first kappa shape index (κ1) is 14.7. The van der Waals surface area contributed by atoms with Gasteiger partial charge in [0.05, 0.1) is 23.1 Å². The molecule has 0 saturated heterocycles. The number of H-pyrrole nitrogens is 1. The van der Waals surface area contributed by atoms with Crippen LogP contribution in [0.15, 0.2) is 4.52 Å². The number of aryl methyl sites for hydroxylation is 3. The Morgan fingerprint density at radius 3 is 2.86 bits per heavy atom. The molecule has 22 heavy (non-hydrogen) atoms. The molecule has 0 aliphatic heterocycles. The lowest BCUT2D eigenvalue weighted by atomic mass is 9.88. The summed E-state index contributed by atoms with van der Waals surface area (Å²) in [7, 11) is 0. The molecule has 1 amide bonds. The van der Waals surface area contributed by atoms with Crippen molar-refractivity contribution >= 4 is 5.91 Å². The maximum Gasteiger partial charge on any atom is 0.224 e. The molecule has 2 N–H and O–H groups in total. The molecule has 0 aromatic carbocycles. The van der Waals surface area contributed by atoms with Crippen LogP contribution in [0.2, 0.25) is 0 Å². The SMILES string of the molecule is CCC(NC(=O)C1CCc2n[nH]nc2C1)c1c(C)noc1C. The summed E-state index contributed by atoms with van der Waals surface area (Å²) < 4.78 is 5.22. The van der Waals surface area contributed by atoms with Crippen molar-refractivity contribution in [2.24, 2.45) is 5.92 Å². The van der Waals surface area contributed by atoms with Crippen molar-refractivity contribution in [2.75, 3.05) is 0 Å². The quantitative estimate of drug-likeness (QED) is 0.897. The van der Waals surface area contributed by atoms with E-state index in [1.807, 2.05) is 20.8 Å². The first-order chi connectivity index (χ1) is 10.6. The molecular formula is C15H21N5O2. The van der Waals surface area contributed by atoms with E-state index in [0.717, 1.165) is 47.7 Å². The van der Waals surface area contributed by atoms with E-state index in [9.17, 15) is 4.79 Å². The number of aromatic amines is 1. The first-order valence-electron chi connectivity index (χ1n) is 7.71. The third-order valence-electron chi connectivity index (χ3n) is 4.40. The highest BCUT2D eigenvalue weighted by Gasteiger charge is 2.29. The smallest absolute Gasteiger partial charge is 0.224 e. The van der Waals surface area contributed by atoms with Gasteiger partial charge in [0.15, 0.2) is 0 Å². The Kier molecular flexibility index (Phi) is 3.96. The molecule has 2 heterocycles. The summed E-state index contributed by atoms with van der Waals surface area (Å²) in [5.41, 5.74) is 3.74. The van der Waals surface area contributed by atoms with Crippen LogP contribution in [-0.4, -0.2) is 26.5 Å². The second kappa shape index (κ2) is 5.90. The summed E-state index contributed by atoms with van der Waals surface area (Å²) in [5, 5.41) is 18.0. The van der Waals surface area contributed by atoms with Crippen LogP contribution in [0.4, 0.5) is 0 Å². The number of hydrogen-bond donors (Lipinski definition) is 2.